The molecule has 0 fully saturated rings. The molecule has 28 heavy (non-hydrogen) atoms. The molecule has 1 aromatic heterocycles. The van der Waals surface area contributed by atoms with Crippen LogP contribution in [0.2, 0.25) is 10.0 Å². The molecule has 3 aromatic rings. The molecular formula is C20H16Cl2F2N2O2. The fraction of sp³-hybridized carbons (Fsp3) is 0.200. The van der Waals surface area contributed by atoms with Crippen molar-refractivity contribution >= 4 is 29.1 Å². The number of oxazole rings is 1. The van der Waals surface area contributed by atoms with Gasteiger partial charge < -0.3 is 9.73 Å². The monoisotopic (exact) mass is 424 g/mol. The smallest absolute Gasteiger partial charge is 0.220 e. The first-order chi connectivity index (χ1) is 13.3. The number of hydrogen-bond donors (Lipinski definition) is 1. The maximum atomic E-state index is 13.8. The number of carbonyl (C=O) groups excluding carboxylic acids is 1. The Hall–Kier alpha value is -2.44. The van der Waals surface area contributed by atoms with Gasteiger partial charge >= 0.3 is 0 Å². The molecule has 0 aliphatic heterocycles. The van der Waals surface area contributed by atoms with Crippen LogP contribution in [0.5, 0.6) is 0 Å². The van der Waals surface area contributed by atoms with E-state index in [1.807, 2.05) is 0 Å². The topological polar surface area (TPSA) is 55.1 Å². The van der Waals surface area contributed by atoms with E-state index in [-0.39, 0.29) is 24.3 Å². The summed E-state index contributed by atoms with van der Waals surface area (Å²) >= 11 is 12.0. The number of amides is 1. The van der Waals surface area contributed by atoms with Crippen LogP contribution in [-0.2, 0) is 11.2 Å². The second-order valence-electron chi connectivity index (χ2n) is 6.20. The molecule has 0 saturated heterocycles. The van der Waals surface area contributed by atoms with Gasteiger partial charge in [0.05, 0.1) is 17.3 Å². The molecule has 146 valence electrons. The van der Waals surface area contributed by atoms with Crippen molar-refractivity contribution in [1.82, 2.24) is 10.3 Å². The average Bonchev–Trinajstić information content (AvgIpc) is 3.08. The minimum atomic E-state index is -0.704. The molecule has 0 radical (unpaired) electrons. The van der Waals surface area contributed by atoms with Crippen molar-refractivity contribution in [3.63, 3.8) is 0 Å². The van der Waals surface area contributed by atoms with Crippen LogP contribution >= 0.6 is 23.2 Å². The predicted octanol–water partition coefficient (Wildman–Crippen LogP) is 5.74. The second kappa shape index (κ2) is 8.71. The lowest BCUT2D eigenvalue weighted by molar-refractivity contribution is -0.121. The highest BCUT2D eigenvalue weighted by molar-refractivity contribution is 6.36. The molecule has 0 spiro atoms. The minimum Gasteiger partial charge on any atom is -0.441 e. The number of aryl methyl sites for hydroxylation is 1. The third kappa shape index (κ3) is 4.88. The number of rotatable bonds is 6. The highest BCUT2D eigenvalue weighted by Gasteiger charge is 2.16. The van der Waals surface area contributed by atoms with Crippen molar-refractivity contribution in [2.75, 3.05) is 0 Å². The number of halogens is 4. The average molecular weight is 425 g/mol. The number of hydrogen-bond acceptors (Lipinski definition) is 3. The summed E-state index contributed by atoms with van der Waals surface area (Å²) in [5, 5.41) is 3.62. The van der Waals surface area contributed by atoms with E-state index < -0.39 is 17.7 Å². The molecule has 0 saturated carbocycles. The summed E-state index contributed by atoms with van der Waals surface area (Å²) < 4.78 is 32.4. The van der Waals surface area contributed by atoms with Crippen molar-refractivity contribution in [3.8, 4) is 11.3 Å². The quantitative estimate of drug-likeness (QED) is 0.548. The molecule has 1 amide bonds. The van der Waals surface area contributed by atoms with Crippen LogP contribution in [0.15, 0.2) is 47.0 Å². The van der Waals surface area contributed by atoms with Gasteiger partial charge in [-0.3, -0.25) is 4.79 Å². The Labute approximate surface area is 170 Å². The summed E-state index contributed by atoms with van der Waals surface area (Å²) in [5.74, 6) is -0.832. The molecule has 0 bridgehead atoms. The Balaban J connectivity index is 1.58. The van der Waals surface area contributed by atoms with Crippen LogP contribution in [0.3, 0.4) is 0 Å². The van der Waals surface area contributed by atoms with Gasteiger partial charge in [0.15, 0.2) is 11.7 Å². The van der Waals surface area contributed by atoms with E-state index in [1.54, 1.807) is 25.1 Å². The first kappa shape index (κ1) is 20.3. The summed E-state index contributed by atoms with van der Waals surface area (Å²) in [6.07, 6.45) is 1.88. The van der Waals surface area contributed by atoms with E-state index in [0.29, 0.717) is 27.3 Å². The lowest BCUT2D eigenvalue weighted by Gasteiger charge is -2.14. The number of aromatic nitrogens is 1. The molecule has 0 aliphatic carbocycles. The third-order valence-corrected chi connectivity index (χ3v) is 4.67. The molecule has 3 rings (SSSR count). The summed E-state index contributed by atoms with van der Waals surface area (Å²) in [7, 11) is 0. The fourth-order valence-electron chi connectivity index (χ4n) is 2.70. The number of carbonyl (C=O) groups is 1. The van der Waals surface area contributed by atoms with Crippen LogP contribution in [0.4, 0.5) is 8.78 Å². The van der Waals surface area contributed by atoms with Crippen LogP contribution in [0.1, 0.15) is 30.8 Å². The molecule has 1 heterocycles. The number of benzene rings is 2. The van der Waals surface area contributed by atoms with Gasteiger partial charge in [-0.2, -0.15) is 0 Å². The molecule has 4 nitrogen and oxygen atoms in total. The number of nitrogens with zero attached hydrogens (tertiary/aromatic N) is 1. The first-order valence-corrected chi connectivity index (χ1v) is 9.23. The van der Waals surface area contributed by atoms with E-state index in [9.17, 15) is 13.6 Å². The lowest BCUT2D eigenvalue weighted by atomic mass is 10.1. The SMILES string of the molecule is C[C@H](NC(=O)CCc1ncc(-c2ccc(Cl)cc2Cl)o1)c1ccc(F)cc1F. The second-order valence-corrected chi connectivity index (χ2v) is 7.04. The third-order valence-electron chi connectivity index (χ3n) is 4.12. The van der Waals surface area contributed by atoms with Crippen molar-refractivity contribution in [1.29, 1.82) is 0 Å². The highest BCUT2D eigenvalue weighted by Crippen LogP contribution is 2.30. The normalized spacial score (nSPS) is 12.0. The molecule has 1 N–H and O–H groups in total. The van der Waals surface area contributed by atoms with E-state index in [0.717, 1.165) is 12.1 Å². The highest BCUT2D eigenvalue weighted by atomic mass is 35.5. The van der Waals surface area contributed by atoms with Gasteiger partial charge in [0, 0.05) is 35.1 Å². The summed E-state index contributed by atoms with van der Waals surface area (Å²) in [5.41, 5.74) is 0.861. The van der Waals surface area contributed by atoms with Gasteiger partial charge in [-0.25, -0.2) is 13.8 Å². The maximum Gasteiger partial charge on any atom is 0.220 e. The van der Waals surface area contributed by atoms with E-state index in [4.69, 9.17) is 27.6 Å². The zero-order valence-corrected chi connectivity index (χ0v) is 16.3. The van der Waals surface area contributed by atoms with Gasteiger partial charge in [0.2, 0.25) is 5.91 Å². The summed E-state index contributed by atoms with van der Waals surface area (Å²) in [6.45, 7) is 1.62. The fourth-order valence-corrected chi connectivity index (χ4v) is 3.21. The first-order valence-electron chi connectivity index (χ1n) is 8.48. The van der Waals surface area contributed by atoms with Crippen molar-refractivity contribution in [2.24, 2.45) is 0 Å². The van der Waals surface area contributed by atoms with Crippen LogP contribution in [0, 0.1) is 11.6 Å². The Morgan fingerprint density at radius 2 is 2.00 bits per heavy atom. The lowest BCUT2D eigenvalue weighted by Crippen LogP contribution is -2.27. The van der Waals surface area contributed by atoms with Gasteiger partial charge in [0.1, 0.15) is 11.6 Å². The molecule has 1 atom stereocenters. The maximum absolute atomic E-state index is 13.8. The molecule has 2 aromatic carbocycles. The van der Waals surface area contributed by atoms with E-state index in [1.165, 1.54) is 12.3 Å². The zero-order chi connectivity index (χ0) is 20.3. The van der Waals surface area contributed by atoms with Gasteiger partial charge in [-0.05, 0) is 31.2 Å². The van der Waals surface area contributed by atoms with Crippen LogP contribution in [-0.4, -0.2) is 10.9 Å². The molecule has 8 heteroatoms. The van der Waals surface area contributed by atoms with E-state index >= 15 is 0 Å². The van der Waals surface area contributed by atoms with Crippen molar-refractivity contribution in [3.05, 3.63) is 75.7 Å². The van der Waals surface area contributed by atoms with Crippen molar-refractivity contribution in [2.45, 2.75) is 25.8 Å². The van der Waals surface area contributed by atoms with Crippen LogP contribution < -0.4 is 5.32 Å². The number of nitrogens with one attached hydrogen (secondary N) is 1. The molecule has 0 aliphatic rings. The van der Waals surface area contributed by atoms with Gasteiger partial charge in [-0.15, -0.1) is 0 Å². The molecular weight excluding hydrogens is 409 g/mol. The standard InChI is InChI=1S/C20H16Cl2F2N2O2/c1-11(14-5-3-13(23)9-17(14)24)26-19(27)6-7-20-25-10-18(28-20)15-4-2-12(21)8-16(15)22/h2-5,8-11H,6-7H2,1H3,(H,26,27)/t11-/m0/s1. The zero-order valence-electron chi connectivity index (χ0n) is 14.8. The van der Waals surface area contributed by atoms with Gasteiger partial charge in [-0.1, -0.05) is 29.3 Å². The summed E-state index contributed by atoms with van der Waals surface area (Å²) in [4.78, 5) is 16.3. The van der Waals surface area contributed by atoms with E-state index in [2.05, 4.69) is 10.3 Å². The minimum absolute atomic E-state index is 0.0987. The largest absolute Gasteiger partial charge is 0.441 e. The summed E-state index contributed by atoms with van der Waals surface area (Å²) in [6, 6.07) is 7.66. The Bertz CT molecular complexity index is 1010. The predicted molar refractivity (Wildman–Crippen MR) is 103 cm³/mol. The Morgan fingerprint density at radius 1 is 1.21 bits per heavy atom. The van der Waals surface area contributed by atoms with Crippen molar-refractivity contribution < 1.29 is 18.0 Å². The molecule has 0 unspecified atom stereocenters. The Morgan fingerprint density at radius 3 is 2.71 bits per heavy atom. The van der Waals surface area contributed by atoms with Crippen LogP contribution in [0.25, 0.3) is 11.3 Å². The Kier molecular flexibility index (Phi) is 6.31. The van der Waals surface area contributed by atoms with Gasteiger partial charge in [0.25, 0.3) is 0 Å².